The van der Waals surface area contributed by atoms with Gasteiger partial charge in [-0.1, -0.05) is 0 Å². The smallest absolute Gasteiger partial charge is 0.243 e. The lowest BCUT2D eigenvalue weighted by Crippen LogP contribution is -2.16. The number of hydrogen-bond donors (Lipinski definition) is 1. The van der Waals surface area contributed by atoms with Crippen LogP contribution in [0.25, 0.3) is 27.8 Å². The molecule has 0 aliphatic heterocycles. The van der Waals surface area contributed by atoms with Crippen molar-refractivity contribution in [2.45, 2.75) is 4.90 Å². The first kappa shape index (κ1) is 20.4. The molecular weight excluding hydrogens is 428 g/mol. The summed E-state index contributed by atoms with van der Waals surface area (Å²) in [7, 11) is -3.34. The second-order valence-electron chi connectivity index (χ2n) is 6.48. The third-order valence-corrected chi connectivity index (χ3v) is 5.59. The Morgan fingerprint density at radius 3 is 2.58 bits per heavy atom. The van der Waals surface area contributed by atoms with Gasteiger partial charge in [-0.3, -0.25) is 0 Å². The fraction of sp³-hybridized carbons (Fsp3) is 0.0500. The highest BCUT2D eigenvalue weighted by atomic mass is 32.2. The van der Waals surface area contributed by atoms with Crippen molar-refractivity contribution in [2.75, 3.05) is 7.11 Å². The van der Waals surface area contributed by atoms with E-state index in [4.69, 9.17) is 9.88 Å². The van der Waals surface area contributed by atoms with E-state index >= 15 is 4.39 Å². The van der Waals surface area contributed by atoms with Crippen LogP contribution in [0.4, 0.5) is 8.78 Å². The predicted octanol–water partition coefficient (Wildman–Crippen LogP) is 2.87. The van der Waals surface area contributed by atoms with Crippen LogP contribution in [0.15, 0.2) is 53.8 Å². The Labute approximate surface area is 175 Å². The summed E-state index contributed by atoms with van der Waals surface area (Å²) in [5.74, 6) is -2.66. The number of primary sulfonamides is 1. The molecule has 2 N–H and O–H groups in total. The first-order valence-corrected chi connectivity index (χ1v) is 10.2. The van der Waals surface area contributed by atoms with Gasteiger partial charge in [0, 0.05) is 29.1 Å². The molecule has 0 amide bonds. The van der Waals surface area contributed by atoms with Crippen molar-refractivity contribution in [1.29, 1.82) is 5.26 Å². The molecule has 0 saturated carbocycles. The van der Waals surface area contributed by atoms with Gasteiger partial charge in [-0.05, 0) is 35.9 Å². The highest BCUT2D eigenvalue weighted by Crippen LogP contribution is 2.36. The molecule has 0 saturated heterocycles. The maximum atomic E-state index is 15.0. The van der Waals surface area contributed by atoms with E-state index in [0.717, 1.165) is 12.1 Å². The zero-order chi connectivity index (χ0) is 22.3. The van der Waals surface area contributed by atoms with E-state index in [0.29, 0.717) is 22.2 Å². The Kier molecular flexibility index (Phi) is 4.88. The number of pyridine rings is 2. The molecule has 4 aromatic rings. The number of methoxy groups -OCH3 is 1. The van der Waals surface area contributed by atoms with Crippen LogP contribution in [0.3, 0.4) is 0 Å². The van der Waals surface area contributed by atoms with Gasteiger partial charge in [0.15, 0.2) is 10.7 Å². The third kappa shape index (κ3) is 3.48. The lowest BCUT2D eigenvalue weighted by Gasteiger charge is -2.13. The average Bonchev–Trinajstić information content (AvgIpc) is 3.15. The number of halogens is 2. The van der Waals surface area contributed by atoms with Crippen LogP contribution in [0.1, 0.15) is 5.56 Å². The summed E-state index contributed by atoms with van der Waals surface area (Å²) in [5.41, 5.74) is 1.92. The maximum Gasteiger partial charge on any atom is 0.243 e. The first-order valence-electron chi connectivity index (χ1n) is 8.67. The summed E-state index contributed by atoms with van der Waals surface area (Å²) in [4.78, 5) is 2.93. The first-order chi connectivity index (χ1) is 14.7. The lowest BCUT2D eigenvalue weighted by atomic mass is 10.0. The average molecular weight is 441 g/mol. The molecule has 0 aliphatic rings. The SMILES string of the molecule is COc1ncc(-c2ccn3ncc(C#N)c3c2)cc1-c1ccc(F)c(S(N)(=O)=O)c1F. The maximum absolute atomic E-state index is 15.0. The van der Waals surface area contributed by atoms with Crippen molar-refractivity contribution in [1.82, 2.24) is 14.6 Å². The van der Waals surface area contributed by atoms with Gasteiger partial charge in [0.25, 0.3) is 0 Å². The van der Waals surface area contributed by atoms with Gasteiger partial charge in [-0.15, -0.1) is 0 Å². The van der Waals surface area contributed by atoms with E-state index < -0.39 is 26.6 Å². The second-order valence-corrected chi connectivity index (χ2v) is 7.98. The van der Waals surface area contributed by atoms with Crippen molar-refractivity contribution < 1.29 is 21.9 Å². The molecule has 156 valence electrons. The van der Waals surface area contributed by atoms with Gasteiger partial charge in [0.05, 0.1) is 24.4 Å². The minimum atomic E-state index is -4.65. The quantitative estimate of drug-likeness (QED) is 0.519. The Bertz CT molecular complexity index is 1490. The summed E-state index contributed by atoms with van der Waals surface area (Å²) in [6.45, 7) is 0. The normalized spacial score (nSPS) is 11.5. The largest absolute Gasteiger partial charge is 0.481 e. The van der Waals surface area contributed by atoms with Gasteiger partial charge in [-0.25, -0.2) is 31.8 Å². The van der Waals surface area contributed by atoms with E-state index in [1.54, 1.807) is 18.3 Å². The highest BCUT2D eigenvalue weighted by Gasteiger charge is 2.25. The van der Waals surface area contributed by atoms with Crippen molar-refractivity contribution in [3.8, 4) is 34.2 Å². The Morgan fingerprint density at radius 1 is 1.13 bits per heavy atom. The molecule has 0 spiro atoms. The van der Waals surface area contributed by atoms with Gasteiger partial charge in [0.1, 0.15) is 11.9 Å². The number of sulfonamides is 1. The van der Waals surface area contributed by atoms with Crippen molar-refractivity contribution >= 4 is 15.5 Å². The topological polar surface area (TPSA) is 123 Å². The van der Waals surface area contributed by atoms with Crippen molar-refractivity contribution in [2.24, 2.45) is 5.14 Å². The van der Waals surface area contributed by atoms with Crippen LogP contribution in [0.5, 0.6) is 5.88 Å². The minimum Gasteiger partial charge on any atom is -0.481 e. The molecule has 0 unspecified atom stereocenters. The summed E-state index contributed by atoms with van der Waals surface area (Å²) >= 11 is 0. The van der Waals surface area contributed by atoms with Crippen molar-refractivity contribution in [3.63, 3.8) is 0 Å². The number of fused-ring (bicyclic) bond motifs is 1. The number of nitrogens with zero attached hydrogens (tertiary/aromatic N) is 4. The van der Waals surface area contributed by atoms with E-state index in [2.05, 4.69) is 10.1 Å². The number of nitriles is 1. The Balaban J connectivity index is 1.94. The van der Waals surface area contributed by atoms with Gasteiger partial charge >= 0.3 is 0 Å². The van der Waals surface area contributed by atoms with Crippen LogP contribution in [0.2, 0.25) is 0 Å². The molecule has 0 radical (unpaired) electrons. The van der Waals surface area contributed by atoms with E-state index in [9.17, 15) is 18.1 Å². The summed E-state index contributed by atoms with van der Waals surface area (Å²) in [6.07, 6.45) is 4.55. The molecule has 4 rings (SSSR count). The van der Waals surface area contributed by atoms with Gasteiger partial charge < -0.3 is 4.74 Å². The molecule has 11 heteroatoms. The number of nitrogens with two attached hydrogens (primary N) is 1. The third-order valence-electron chi connectivity index (χ3n) is 4.64. The summed E-state index contributed by atoms with van der Waals surface area (Å²) in [6, 6.07) is 8.87. The van der Waals surface area contributed by atoms with Gasteiger partial charge in [0.2, 0.25) is 15.9 Å². The number of aromatic nitrogens is 3. The monoisotopic (exact) mass is 441 g/mol. The molecule has 0 atom stereocenters. The van der Waals surface area contributed by atoms with Gasteiger partial charge in [-0.2, -0.15) is 10.4 Å². The zero-order valence-electron chi connectivity index (χ0n) is 15.9. The van der Waals surface area contributed by atoms with Crippen LogP contribution >= 0.6 is 0 Å². The molecule has 1 aromatic carbocycles. The number of rotatable bonds is 4. The number of benzene rings is 1. The predicted molar refractivity (Wildman–Crippen MR) is 106 cm³/mol. The highest BCUT2D eigenvalue weighted by molar-refractivity contribution is 7.89. The number of ether oxygens (including phenoxy) is 1. The Morgan fingerprint density at radius 2 is 1.90 bits per heavy atom. The molecule has 8 nitrogen and oxygen atoms in total. The fourth-order valence-electron chi connectivity index (χ4n) is 3.21. The zero-order valence-corrected chi connectivity index (χ0v) is 16.7. The van der Waals surface area contributed by atoms with Crippen LogP contribution in [0, 0.1) is 23.0 Å². The number of hydrogen-bond acceptors (Lipinski definition) is 6. The molecule has 0 bridgehead atoms. The second kappa shape index (κ2) is 7.42. The van der Waals surface area contributed by atoms with Crippen LogP contribution in [-0.4, -0.2) is 30.1 Å². The molecule has 3 heterocycles. The van der Waals surface area contributed by atoms with Crippen LogP contribution < -0.4 is 9.88 Å². The fourth-order valence-corrected chi connectivity index (χ4v) is 3.91. The molecular formula is C20H13F2N5O3S. The van der Waals surface area contributed by atoms with E-state index in [1.807, 2.05) is 6.07 Å². The molecule has 31 heavy (non-hydrogen) atoms. The van der Waals surface area contributed by atoms with E-state index in [1.165, 1.54) is 30.1 Å². The van der Waals surface area contributed by atoms with Crippen molar-refractivity contribution in [3.05, 3.63) is 66.1 Å². The minimum absolute atomic E-state index is 0.00206. The van der Waals surface area contributed by atoms with E-state index in [-0.39, 0.29) is 17.0 Å². The molecule has 0 aliphatic carbocycles. The summed E-state index contributed by atoms with van der Waals surface area (Å²) in [5, 5.41) is 18.3. The standard InChI is InChI=1S/C20H13F2N5O3S/c1-30-20-15(14-2-3-16(21)19(18(14)22)31(24,28)29)6-12(9-25-20)11-4-5-27-17(7-11)13(8-23)10-26-27/h2-7,9-10H,1H3,(H2,24,28,29). The molecule has 3 aromatic heterocycles. The lowest BCUT2D eigenvalue weighted by molar-refractivity contribution is 0.399. The summed E-state index contributed by atoms with van der Waals surface area (Å²) < 4.78 is 59.0. The van der Waals surface area contributed by atoms with Crippen LogP contribution in [-0.2, 0) is 10.0 Å². The Hall–Kier alpha value is -3.88. The molecule has 0 fully saturated rings.